The van der Waals surface area contributed by atoms with E-state index in [0.29, 0.717) is 22.8 Å². The number of anilines is 1. The van der Waals surface area contributed by atoms with E-state index in [9.17, 15) is 19.8 Å². The predicted octanol–water partition coefficient (Wildman–Crippen LogP) is 3.73. The zero-order valence-electron chi connectivity index (χ0n) is 14.6. The second-order valence-corrected chi connectivity index (χ2v) is 7.01. The van der Waals surface area contributed by atoms with Gasteiger partial charge in [-0.25, -0.2) is 4.99 Å². The van der Waals surface area contributed by atoms with Crippen molar-refractivity contribution in [2.75, 3.05) is 4.90 Å². The smallest absolute Gasteiger partial charge is 0.317 e. The van der Waals surface area contributed by atoms with Crippen molar-refractivity contribution in [1.82, 2.24) is 0 Å². The summed E-state index contributed by atoms with van der Waals surface area (Å²) in [6.07, 6.45) is 2.03. The van der Waals surface area contributed by atoms with E-state index < -0.39 is 11.2 Å². The molecule has 0 radical (unpaired) electrons. The number of thioether (sulfide) groups is 1. The fraction of sp³-hybridized carbons (Fsp3) is 0.150. The lowest BCUT2D eigenvalue weighted by atomic mass is 10.2. The maximum atomic E-state index is 13.0. The maximum absolute atomic E-state index is 13.0. The Hall–Kier alpha value is -3.06. The van der Waals surface area contributed by atoms with Crippen LogP contribution in [0.1, 0.15) is 18.9 Å². The van der Waals surface area contributed by atoms with Crippen molar-refractivity contribution in [2.45, 2.75) is 18.6 Å². The Morgan fingerprint density at radius 3 is 2.44 bits per heavy atom. The molecule has 1 aliphatic heterocycles. The second kappa shape index (κ2) is 8.09. The first-order chi connectivity index (χ1) is 13.0. The van der Waals surface area contributed by atoms with Crippen LogP contribution in [0.2, 0.25) is 0 Å². The predicted molar refractivity (Wildman–Crippen MR) is 107 cm³/mol. The average Bonchev–Trinajstić information content (AvgIpc) is 2.97. The molecule has 0 spiro atoms. The summed E-state index contributed by atoms with van der Waals surface area (Å²) >= 11 is 1.06. The van der Waals surface area contributed by atoms with Crippen molar-refractivity contribution >= 4 is 40.6 Å². The Bertz CT molecular complexity index is 907. The molecule has 0 saturated heterocycles. The van der Waals surface area contributed by atoms with Gasteiger partial charge in [0.2, 0.25) is 0 Å². The first-order valence-electron chi connectivity index (χ1n) is 8.38. The quantitative estimate of drug-likeness (QED) is 0.769. The number of para-hydroxylation sites is 1. The number of amides is 1. The van der Waals surface area contributed by atoms with E-state index in [1.165, 1.54) is 17.0 Å². The number of aliphatic carboxylic acids is 1. The van der Waals surface area contributed by atoms with E-state index in [-0.39, 0.29) is 17.4 Å². The fourth-order valence-corrected chi connectivity index (χ4v) is 3.51. The summed E-state index contributed by atoms with van der Waals surface area (Å²) in [4.78, 5) is 30.2. The van der Waals surface area contributed by atoms with E-state index in [1.807, 2.05) is 6.07 Å². The first kappa shape index (κ1) is 18.7. The van der Waals surface area contributed by atoms with Crippen LogP contribution in [-0.2, 0) is 9.59 Å². The molecule has 1 heterocycles. The molecule has 0 aromatic heterocycles. The van der Waals surface area contributed by atoms with Gasteiger partial charge in [0.1, 0.15) is 16.7 Å². The molecular formula is C20H18N2O4S. The molecule has 2 aromatic rings. The van der Waals surface area contributed by atoms with E-state index >= 15 is 0 Å². The van der Waals surface area contributed by atoms with Crippen molar-refractivity contribution in [1.29, 1.82) is 0 Å². The van der Waals surface area contributed by atoms with Crippen LogP contribution in [0.15, 0.2) is 65.3 Å². The molecule has 1 atom stereocenters. The summed E-state index contributed by atoms with van der Waals surface area (Å²) in [5.74, 6) is -1.13. The lowest BCUT2D eigenvalue weighted by Crippen LogP contribution is -2.32. The Morgan fingerprint density at radius 1 is 1.19 bits per heavy atom. The minimum Gasteiger partial charge on any atom is -0.508 e. The van der Waals surface area contributed by atoms with Gasteiger partial charge in [-0.1, -0.05) is 49.0 Å². The van der Waals surface area contributed by atoms with Crippen LogP contribution < -0.4 is 4.90 Å². The third kappa shape index (κ3) is 4.20. The number of nitrogens with zero attached hydrogens (tertiary/aromatic N) is 2. The average molecular weight is 382 g/mol. The summed E-state index contributed by atoms with van der Waals surface area (Å²) in [6.45, 7) is 1.78. The molecular weight excluding hydrogens is 364 g/mol. The van der Waals surface area contributed by atoms with Crippen LogP contribution in [-0.4, -0.2) is 32.5 Å². The van der Waals surface area contributed by atoms with Gasteiger partial charge in [0.25, 0.3) is 5.91 Å². The largest absolute Gasteiger partial charge is 0.508 e. The van der Waals surface area contributed by atoms with Crippen LogP contribution in [0.5, 0.6) is 5.75 Å². The summed E-state index contributed by atoms with van der Waals surface area (Å²) in [5.41, 5.74) is 1.56. The number of hydrogen-bond acceptors (Lipinski definition) is 5. The monoisotopic (exact) mass is 382 g/mol. The Balaban J connectivity index is 1.99. The van der Waals surface area contributed by atoms with Crippen molar-refractivity contribution in [3.05, 3.63) is 65.9 Å². The molecule has 2 aromatic carbocycles. The molecule has 3 rings (SSSR count). The molecule has 0 aliphatic carbocycles. The number of amidine groups is 1. The van der Waals surface area contributed by atoms with E-state index in [1.54, 1.807) is 49.4 Å². The van der Waals surface area contributed by atoms with Crippen LogP contribution in [0, 0.1) is 0 Å². The van der Waals surface area contributed by atoms with Crippen molar-refractivity contribution < 1.29 is 19.8 Å². The Kier molecular flexibility index (Phi) is 5.61. The second-order valence-electron chi connectivity index (χ2n) is 5.84. The van der Waals surface area contributed by atoms with Gasteiger partial charge >= 0.3 is 5.97 Å². The molecule has 138 valence electrons. The van der Waals surface area contributed by atoms with Crippen LogP contribution in [0.4, 0.5) is 5.69 Å². The molecule has 27 heavy (non-hydrogen) atoms. The molecule has 1 amide bonds. The van der Waals surface area contributed by atoms with E-state index in [4.69, 9.17) is 0 Å². The fourth-order valence-electron chi connectivity index (χ4n) is 2.54. The number of phenols is 1. The molecule has 1 aliphatic rings. The van der Waals surface area contributed by atoms with Crippen LogP contribution in [0.25, 0.3) is 6.08 Å². The summed E-state index contributed by atoms with van der Waals surface area (Å²) in [5, 5.41) is 18.4. The summed E-state index contributed by atoms with van der Waals surface area (Å²) in [6, 6.07) is 15.4. The minimum atomic E-state index is -0.943. The van der Waals surface area contributed by atoms with Crippen LogP contribution in [0.3, 0.4) is 0 Å². The van der Waals surface area contributed by atoms with Gasteiger partial charge < -0.3 is 10.2 Å². The number of hydrogen-bond donors (Lipinski definition) is 2. The number of aromatic hydroxyl groups is 1. The molecule has 0 fully saturated rings. The highest BCUT2D eigenvalue weighted by atomic mass is 32.2. The van der Waals surface area contributed by atoms with Gasteiger partial charge in [-0.05, 0) is 42.3 Å². The molecule has 1 unspecified atom stereocenters. The summed E-state index contributed by atoms with van der Waals surface area (Å²) in [7, 11) is 0. The Labute approximate surface area is 160 Å². The molecule has 7 heteroatoms. The number of carboxylic acid groups (broad SMARTS) is 1. The number of benzene rings is 2. The number of carboxylic acids is 1. The molecule has 6 nitrogen and oxygen atoms in total. The van der Waals surface area contributed by atoms with Gasteiger partial charge in [0, 0.05) is 0 Å². The lowest BCUT2D eigenvalue weighted by molar-refractivity contribution is -0.136. The van der Waals surface area contributed by atoms with Crippen LogP contribution >= 0.6 is 11.8 Å². The number of rotatable bonds is 5. The van der Waals surface area contributed by atoms with Gasteiger partial charge in [-0.3, -0.25) is 14.5 Å². The van der Waals surface area contributed by atoms with E-state index in [0.717, 1.165) is 11.8 Å². The highest BCUT2D eigenvalue weighted by Crippen LogP contribution is 2.32. The zero-order chi connectivity index (χ0) is 19.4. The third-order valence-electron chi connectivity index (χ3n) is 3.93. The number of aliphatic imine (C=N–C) groups is 1. The van der Waals surface area contributed by atoms with Gasteiger partial charge in [0.05, 0.1) is 5.69 Å². The molecule has 0 bridgehead atoms. The Morgan fingerprint density at radius 2 is 1.85 bits per heavy atom. The normalized spacial score (nSPS) is 16.5. The van der Waals surface area contributed by atoms with Crippen molar-refractivity contribution in [2.24, 2.45) is 4.99 Å². The van der Waals surface area contributed by atoms with Gasteiger partial charge in [-0.2, -0.15) is 0 Å². The number of carbonyl (C=O) groups excluding carboxylic acids is 1. The van der Waals surface area contributed by atoms with Crippen molar-refractivity contribution in [3.8, 4) is 5.75 Å². The minimum absolute atomic E-state index is 0.132. The SMILES string of the molecule is CCC(SC1=N/C(=C/c2ccc(O)cc2)C(=O)N1c1ccccc1)C(=O)O. The van der Waals surface area contributed by atoms with Gasteiger partial charge in [0.15, 0.2) is 5.17 Å². The topological polar surface area (TPSA) is 90.2 Å². The third-order valence-corrected chi connectivity index (χ3v) is 5.24. The highest BCUT2D eigenvalue weighted by Gasteiger charge is 2.34. The van der Waals surface area contributed by atoms with E-state index in [2.05, 4.69) is 4.99 Å². The molecule has 0 saturated carbocycles. The molecule has 2 N–H and O–H groups in total. The highest BCUT2D eigenvalue weighted by molar-refractivity contribution is 8.15. The first-order valence-corrected chi connectivity index (χ1v) is 9.26. The van der Waals surface area contributed by atoms with Crippen molar-refractivity contribution in [3.63, 3.8) is 0 Å². The standard InChI is InChI=1S/C20H18N2O4S/c1-2-17(19(25)26)27-20-21-16(12-13-8-10-15(23)11-9-13)18(24)22(20)14-6-4-3-5-7-14/h3-12,17,23H,2H2,1H3,(H,25,26)/b16-12+. The number of carbonyl (C=O) groups is 2. The maximum Gasteiger partial charge on any atom is 0.317 e. The summed E-state index contributed by atoms with van der Waals surface area (Å²) < 4.78 is 0. The van der Waals surface area contributed by atoms with Gasteiger partial charge in [-0.15, -0.1) is 0 Å². The lowest BCUT2D eigenvalue weighted by Gasteiger charge is -2.19. The zero-order valence-corrected chi connectivity index (χ0v) is 15.4. The number of phenolic OH excluding ortho intramolecular Hbond substituents is 1.